The minimum Gasteiger partial charge on any atom is -0.459 e. The molecule has 0 saturated carbocycles. The van der Waals surface area contributed by atoms with Crippen molar-refractivity contribution in [3.63, 3.8) is 0 Å². The highest BCUT2D eigenvalue weighted by Gasteiger charge is 2.14. The molecule has 2 aromatic heterocycles. The Morgan fingerprint density at radius 2 is 2.50 bits per heavy atom. The van der Waals surface area contributed by atoms with Crippen molar-refractivity contribution in [2.75, 3.05) is 0 Å². The third-order valence-corrected chi connectivity index (χ3v) is 2.43. The number of rotatable bonds is 3. The van der Waals surface area contributed by atoms with E-state index >= 15 is 0 Å². The number of hydrogen-bond acceptors (Lipinski definition) is 4. The lowest BCUT2D eigenvalue weighted by Gasteiger charge is -2.01. The number of carbonyl (C=O) groups excluding carboxylic acids is 1. The maximum Gasteiger partial charge on any atom is 0.301 e. The molecular weight excluding hydrogens is 276 g/mol. The van der Waals surface area contributed by atoms with Crippen LogP contribution in [-0.2, 0) is 6.54 Å². The molecule has 0 atom stereocenters. The first kappa shape index (κ1) is 10.9. The van der Waals surface area contributed by atoms with Crippen LogP contribution < -0.4 is 11.3 Å². The smallest absolute Gasteiger partial charge is 0.301 e. The summed E-state index contributed by atoms with van der Waals surface area (Å²) < 4.78 is 7.61. The van der Waals surface area contributed by atoms with Gasteiger partial charge in [0, 0.05) is 11.8 Å². The molecule has 0 aliphatic heterocycles. The van der Waals surface area contributed by atoms with Gasteiger partial charge in [-0.2, -0.15) is 5.10 Å². The molecule has 0 aliphatic rings. The molecule has 0 aromatic carbocycles. The molecule has 3 N–H and O–H groups in total. The Morgan fingerprint density at radius 1 is 1.69 bits per heavy atom. The average molecular weight is 285 g/mol. The van der Waals surface area contributed by atoms with Crippen molar-refractivity contribution in [2.45, 2.75) is 6.54 Å². The summed E-state index contributed by atoms with van der Waals surface area (Å²) in [5.74, 6) is 4.79. The maximum atomic E-state index is 11.3. The van der Waals surface area contributed by atoms with Gasteiger partial charge in [0.2, 0.25) is 0 Å². The van der Waals surface area contributed by atoms with Crippen LogP contribution in [0.2, 0.25) is 0 Å². The number of carbonyl (C=O) groups is 1. The highest BCUT2D eigenvalue weighted by atomic mass is 79.9. The fourth-order valence-corrected chi connectivity index (χ4v) is 1.65. The van der Waals surface area contributed by atoms with Crippen LogP contribution in [0.4, 0.5) is 0 Å². The quantitative estimate of drug-likeness (QED) is 0.498. The van der Waals surface area contributed by atoms with E-state index in [2.05, 4.69) is 21.0 Å². The summed E-state index contributed by atoms with van der Waals surface area (Å²) >= 11 is 3.29. The van der Waals surface area contributed by atoms with Gasteiger partial charge in [-0.05, 0) is 22.0 Å². The summed E-state index contributed by atoms with van der Waals surface area (Å²) in [5, 5.41) is 4.08. The van der Waals surface area contributed by atoms with Gasteiger partial charge < -0.3 is 4.42 Å². The van der Waals surface area contributed by atoms with Crippen LogP contribution in [-0.4, -0.2) is 15.7 Å². The molecule has 7 heteroatoms. The zero-order chi connectivity index (χ0) is 11.5. The summed E-state index contributed by atoms with van der Waals surface area (Å²) in [6.45, 7) is 0.449. The van der Waals surface area contributed by atoms with Gasteiger partial charge in [0.15, 0.2) is 5.76 Å². The molecule has 84 valence electrons. The molecule has 2 heterocycles. The van der Waals surface area contributed by atoms with Gasteiger partial charge in [-0.25, -0.2) is 5.84 Å². The molecule has 0 radical (unpaired) electrons. The van der Waals surface area contributed by atoms with Gasteiger partial charge in [0.25, 0.3) is 0 Å². The summed E-state index contributed by atoms with van der Waals surface area (Å²) in [4.78, 5) is 11.3. The monoisotopic (exact) mass is 284 g/mol. The lowest BCUT2D eigenvalue weighted by Crippen LogP contribution is -2.30. The highest BCUT2D eigenvalue weighted by Crippen LogP contribution is 2.13. The molecule has 0 aliphatic carbocycles. The lowest BCUT2D eigenvalue weighted by molar-refractivity contribution is 0.0924. The van der Waals surface area contributed by atoms with Gasteiger partial charge in [0.05, 0.1) is 23.5 Å². The third-order valence-electron chi connectivity index (χ3n) is 2.02. The molecule has 0 bridgehead atoms. The van der Waals surface area contributed by atoms with Gasteiger partial charge in [-0.15, -0.1) is 0 Å². The Morgan fingerprint density at radius 3 is 3.12 bits per heavy atom. The normalized spacial score (nSPS) is 10.4. The van der Waals surface area contributed by atoms with Gasteiger partial charge in [-0.1, -0.05) is 0 Å². The number of nitrogens with one attached hydrogen (secondary N) is 1. The molecule has 0 fully saturated rings. The minimum atomic E-state index is -0.453. The molecule has 2 rings (SSSR count). The second-order valence-electron chi connectivity index (χ2n) is 3.10. The predicted molar refractivity (Wildman–Crippen MR) is 59.4 cm³/mol. The summed E-state index contributed by atoms with van der Waals surface area (Å²) in [5.41, 5.74) is 2.75. The van der Waals surface area contributed by atoms with Crippen molar-refractivity contribution in [3.8, 4) is 0 Å². The third kappa shape index (κ3) is 2.15. The van der Waals surface area contributed by atoms with Gasteiger partial charge in [0.1, 0.15) is 0 Å². The van der Waals surface area contributed by atoms with Gasteiger partial charge in [-0.3, -0.25) is 14.9 Å². The zero-order valence-corrected chi connectivity index (χ0v) is 9.77. The Hall–Kier alpha value is -1.60. The van der Waals surface area contributed by atoms with Crippen molar-refractivity contribution in [3.05, 3.63) is 40.5 Å². The first-order chi connectivity index (χ1) is 7.70. The van der Waals surface area contributed by atoms with Crippen LogP contribution >= 0.6 is 15.9 Å². The van der Waals surface area contributed by atoms with E-state index in [0.29, 0.717) is 6.54 Å². The molecule has 1 amide bonds. The number of hydrogen-bond donors (Lipinski definition) is 2. The number of hydrazine groups is 1. The largest absolute Gasteiger partial charge is 0.459 e. The fourth-order valence-electron chi connectivity index (χ4n) is 1.32. The lowest BCUT2D eigenvalue weighted by atomic mass is 10.2. The van der Waals surface area contributed by atoms with Crippen molar-refractivity contribution < 1.29 is 9.21 Å². The van der Waals surface area contributed by atoms with Crippen molar-refractivity contribution in [1.29, 1.82) is 0 Å². The number of furan rings is 1. The SMILES string of the molecule is NNC(=O)c1occc1Cn1cc(Br)cn1. The highest BCUT2D eigenvalue weighted by molar-refractivity contribution is 9.10. The second-order valence-corrected chi connectivity index (χ2v) is 4.02. The number of nitrogens with two attached hydrogens (primary N) is 1. The Labute approximate surface area is 99.5 Å². The molecule has 0 spiro atoms. The number of nitrogen functional groups attached to an aromatic ring is 1. The van der Waals surface area contributed by atoms with Crippen LogP contribution in [0, 0.1) is 0 Å². The van der Waals surface area contributed by atoms with E-state index in [4.69, 9.17) is 10.3 Å². The van der Waals surface area contributed by atoms with Crippen molar-refractivity contribution >= 4 is 21.8 Å². The average Bonchev–Trinajstić information content (AvgIpc) is 2.87. The van der Waals surface area contributed by atoms with Crippen LogP contribution in [0.5, 0.6) is 0 Å². The minimum absolute atomic E-state index is 0.203. The van der Waals surface area contributed by atoms with E-state index in [1.807, 2.05) is 5.43 Å². The Balaban J connectivity index is 2.22. The van der Waals surface area contributed by atoms with E-state index in [1.165, 1.54) is 6.26 Å². The summed E-state index contributed by atoms with van der Waals surface area (Å²) in [7, 11) is 0. The van der Waals surface area contributed by atoms with E-state index in [9.17, 15) is 4.79 Å². The van der Waals surface area contributed by atoms with E-state index in [1.54, 1.807) is 23.1 Å². The molecule has 16 heavy (non-hydrogen) atoms. The van der Waals surface area contributed by atoms with Crippen LogP contribution in [0.1, 0.15) is 16.1 Å². The van der Waals surface area contributed by atoms with Crippen molar-refractivity contribution in [2.24, 2.45) is 5.84 Å². The predicted octanol–water partition coefficient (Wildman–Crippen LogP) is 0.890. The first-order valence-corrected chi connectivity index (χ1v) is 5.25. The molecule has 2 aromatic rings. The standard InChI is InChI=1S/C9H9BrN4O2/c10-7-3-12-14(5-7)4-6-1-2-16-8(6)9(15)13-11/h1-3,5H,4,11H2,(H,13,15). The molecular formula is C9H9BrN4O2. The number of aromatic nitrogens is 2. The zero-order valence-electron chi connectivity index (χ0n) is 8.18. The van der Waals surface area contributed by atoms with E-state index in [-0.39, 0.29) is 5.76 Å². The number of nitrogens with zero attached hydrogens (tertiary/aromatic N) is 2. The molecule has 0 saturated heterocycles. The van der Waals surface area contributed by atoms with Crippen LogP contribution in [0.15, 0.2) is 33.6 Å². The molecule has 6 nitrogen and oxygen atoms in total. The first-order valence-electron chi connectivity index (χ1n) is 4.46. The fraction of sp³-hybridized carbons (Fsp3) is 0.111. The van der Waals surface area contributed by atoms with Crippen LogP contribution in [0.25, 0.3) is 0 Å². The van der Waals surface area contributed by atoms with Crippen molar-refractivity contribution in [1.82, 2.24) is 15.2 Å². The van der Waals surface area contributed by atoms with Crippen LogP contribution in [0.3, 0.4) is 0 Å². The Bertz CT molecular complexity index is 505. The van der Waals surface area contributed by atoms with E-state index in [0.717, 1.165) is 10.0 Å². The van der Waals surface area contributed by atoms with E-state index < -0.39 is 5.91 Å². The van der Waals surface area contributed by atoms with Gasteiger partial charge >= 0.3 is 5.91 Å². The summed E-state index contributed by atoms with van der Waals surface area (Å²) in [6.07, 6.45) is 4.92. The maximum absolute atomic E-state index is 11.3. The topological polar surface area (TPSA) is 86.1 Å². The molecule has 0 unspecified atom stereocenters. The Kier molecular flexibility index (Phi) is 3.07. The second kappa shape index (κ2) is 4.50. The number of amides is 1. The number of halogens is 1. The summed E-state index contributed by atoms with van der Waals surface area (Å²) in [6, 6.07) is 1.71.